The van der Waals surface area contributed by atoms with Crippen molar-refractivity contribution in [1.82, 2.24) is 4.90 Å². The predicted molar refractivity (Wildman–Crippen MR) is 79.7 cm³/mol. The van der Waals surface area contributed by atoms with E-state index in [1.807, 2.05) is 32.0 Å². The third-order valence-electron chi connectivity index (χ3n) is 3.83. The summed E-state index contributed by atoms with van der Waals surface area (Å²) in [6.07, 6.45) is 1.93. The highest BCUT2D eigenvalue weighted by Gasteiger charge is 2.24. The Bertz CT molecular complexity index is 495. The number of fused-ring (bicyclic) bond motifs is 1. The number of amides is 2. The molecule has 108 valence electrons. The number of anilines is 1. The monoisotopic (exact) mass is 274 g/mol. The van der Waals surface area contributed by atoms with Crippen molar-refractivity contribution in [1.29, 1.82) is 0 Å². The number of hydrogen-bond acceptors (Lipinski definition) is 2. The Morgan fingerprint density at radius 3 is 2.60 bits per heavy atom. The molecule has 20 heavy (non-hydrogen) atoms. The summed E-state index contributed by atoms with van der Waals surface area (Å²) in [5.41, 5.74) is 2.17. The molecule has 1 aliphatic heterocycles. The van der Waals surface area contributed by atoms with Crippen molar-refractivity contribution >= 4 is 17.5 Å². The Kier molecular flexibility index (Phi) is 4.77. The fourth-order valence-corrected chi connectivity index (χ4v) is 2.71. The molecular formula is C16H22N2O2. The van der Waals surface area contributed by atoms with Gasteiger partial charge in [-0.2, -0.15) is 0 Å². The van der Waals surface area contributed by atoms with E-state index in [1.54, 1.807) is 9.80 Å². The van der Waals surface area contributed by atoms with Crippen LogP contribution in [0.1, 0.15) is 32.3 Å². The molecule has 0 unspecified atom stereocenters. The fraction of sp³-hybridized carbons (Fsp3) is 0.500. The lowest BCUT2D eigenvalue weighted by Crippen LogP contribution is -2.40. The van der Waals surface area contributed by atoms with Crippen molar-refractivity contribution in [2.24, 2.45) is 0 Å². The molecule has 1 aliphatic rings. The summed E-state index contributed by atoms with van der Waals surface area (Å²) >= 11 is 0. The lowest BCUT2D eigenvalue weighted by Gasteiger charge is -2.30. The van der Waals surface area contributed by atoms with Gasteiger partial charge in [-0.05, 0) is 38.3 Å². The maximum atomic E-state index is 12.4. The normalized spacial score (nSPS) is 13.8. The van der Waals surface area contributed by atoms with Crippen LogP contribution in [0, 0.1) is 0 Å². The summed E-state index contributed by atoms with van der Waals surface area (Å²) in [6, 6.07) is 7.96. The maximum absolute atomic E-state index is 12.4. The highest BCUT2D eigenvalue weighted by Crippen LogP contribution is 2.27. The zero-order valence-electron chi connectivity index (χ0n) is 12.3. The Morgan fingerprint density at radius 1 is 1.20 bits per heavy atom. The van der Waals surface area contributed by atoms with Crippen molar-refractivity contribution in [2.45, 2.75) is 33.1 Å². The van der Waals surface area contributed by atoms with Gasteiger partial charge < -0.3 is 9.80 Å². The number of benzene rings is 1. The molecule has 0 N–H and O–H groups in total. The van der Waals surface area contributed by atoms with Crippen LogP contribution in [0.3, 0.4) is 0 Å². The Labute approximate surface area is 120 Å². The summed E-state index contributed by atoms with van der Waals surface area (Å²) in [7, 11) is 0. The molecule has 2 amide bonds. The molecule has 0 fully saturated rings. The molecule has 0 aliphatic carbocycles. The molecule has 0 aromatic heterocycles. The maximum Gasteiger partial charge on any atom is 0.236 e. The number of para-hydroxylation sites is 1. The first kappa shape index (κ1) is 14.6. The van der Waals surface area contributed by atoms with E-state index in [1.165, 1.54) is 5.56 Å². The third-order valence-corrected chi connectivity index (χ3v) is 3.83. The van der Waals surface area contributed by atoms with Gasteiger partial charge in [-0.25, -0.2) is 0 Å². The molecule has 4 heteroatoms. The van der Waals surface area contributed by atoms with E-state index < -0.39 is 0 Å². The molecular weight excluding hydrogens is 252 g/mol. The SMILES string of the molecule is CCN(CC)C(=O)CC(=O)N1CCCc2ccccc21. The minimum absolute atomic E-state index is 0.0317. The number of carbonyl (C=O) groups is 2. The van der Waals surface area contributed by atoms with E-state index in [-0.39, 0.29) is 18.2 Å². The van der Waals surface area contributed by atoms with Crippen molar-refractivity contribution in [3.8, 4) is 0 Å². The zero-order valence-corrected chi connectivity index (χ0v) is 12.3. The molecule has 4 nitrogen and oxygen atoms in total. The second-order valence-corrected chi connectivity index (χ2v) is 5.02. The summed E-state index contributed by atoms with van der Waals surface area (Å²) in [4.78, 5) is 27.9. The van der Waals surface area contributed by atoms with Crippen LogP contribution in [-0.2, 0) is 16.0 Å². The average Bonchev–Trinajstić information content (AvgIpc) is 2.47. The van der Waals surface area contributed by atoms with E-state index in [4.69, 9.17) is 0 Å². The van der Waals surface area contributed by atoms with Gasteiger partial charge in [0.1, 0.15) is 6.42 Å². The number of carbonyl (C=O) groups excluding carboxylic acids is 2. The van der Waals surface area contributed by atoms with Crippen LogP contribution in [0.4, 0.5) is 5.69 Å². The van der Waals surface area contributed by atoms with Crippen LogP contribution in [0.2, 0.25) is 0 Å². The second-order valence-electron chi connectivity index (χ2n) is 5.02. The van der Waals surface area contributed by atoms with Crippen LogP contribution in [0.15, 0.2) is 24.3 Å². The van der Waals surface area contributed by atoms with Gasteiger partial charge in [-0.3, -0.25) is 9.59 Å². The number of nitrogens with zero attached hydrogens (tertiary/aromatic N) is 2. The Hall–Kier alpha value is -1.84. The summed E-state index contributed by atoms with van der Waals surface area (Å²) < 4.78 is 0. The van der Waals surface area contributed by atoms with Crippen LogP contribution < -0.4 is 4.90 Å². The topological polar surface area (TPSA) is 40.6 Å². The largest absolute Gasteiger partial charge is 0.343 e. The van der Waals surface area contributed by atoms with Gasteiger partial charge in [0.05, 0.1) is 0 Å². The average molecular weight is 274 g/mol. The fourth-order valence-electron chi connectivity index (χ4n) is 2.71. The predicted octanol–water partition coefficient (Wildman–Crippen LogP) is 2.22. The van der Waals surface area contributed by atoms with Crippen molar-refractivity contribution in [3.05, 3.63) is 29.8 Å². The van der Waals surface area contributed by atoms with Gasteiger partial charge in [-0.15, -0.1) is 0 Å². The molecule has 0 bridgehead atoms. The number of hydrogen-bond donors (Lipinski definition) is 0. The molecule has 0 saturated carbocycles. The van der Waals surface area contributed by atoms with Crippen LogP contribution in [0.25, 0.3) is 0 Å². The molecule has 0 atom stereocenters. The van der Waals surface area contributed by atoms with Crippen LogP contribution in [0.5, 0.6) is 0 Å². The molecule has 1 aromatic carbocycles. The smallest absolute Gasteiger partial charge is 0.236 e. The molecule has 1 aromatic rings. The molecule has 0 radical (unpaired) electrons. The van der Waals surface area contributed by atoms with Crippen molar-refractivity contribution in [3.63, 3.8) is 0 Å². The minimum Gasteiger partial charge on any atom is -0.343 e. The third kappa shape index (κ3) is 3.00. The van der Waals surface area contributed by atoms with E-state index in [0.29, 0.717) is 19.6 Å². The standard InChI is InChI=1S/C16H22N2O2/c1-3-17(4-2)15(19)12-16(20)18-11-7-9-13-8-5-6-10-14(13)18/h5-6,8,10H,3-4,7,9,11-12H2,1-2H3. The lowest BCUT2D eigenvalue weighted by atomic mass is 10.0. The van der Waals surface area contributed by atoms with E-state index in [2.05, 4.69) is 6.07 Å². The van der Waals surface area contributed by atoms with E-state index in [0.717, 1.165) is 18.5 Å². The van der Waals surface area contributed by atoms with Crippen molar-refractivity contribution in [2.75, 3.05) is 24.5 Å². The first-order valence-corrected chi connectivity index (χ1v) is 7.33. The number of rotatable bonds is 4. The molecule has 1 heterocycles. The molecule has 0 saturated heterocycles. The Morgan fingerprint density at radius 2 is 1.90 bits per heavy atom. The van der Waals surface area contributed by atoms with Crippen LogP contribution in [-0.4, -0.2) is 36.3 Å². The molecule has 0 spiro atoms. The van der Waals surface area contributed by atoms with Gasteiger partial charge in [0, 0.05) is 25.3 Å². The van der Waals surface area contributed by atoms with Gasteiger partial charge in [-0.1, -0.05) is 18.2 Å². The Balaban J connectivity index is 2.09. The lowest BCUT2D eigenvalue weighted by molar-refractivity contribution is -0.135. The quantitative estimate of drug-likeness (QED) is 0.790. The zero-order chi connectivity index (χ0) is 14.5. The first-order chi connectivity index (χ1) is 9.67. The van der Waals surface area contributed by atoms with E-state index >= 15 is 0 Å². The molecule has 2 rings (SSSR count). The van der Waals surface area contributed by atoms with Crippen molar-refractivity contribution < 1.29 is 9.59 Å². The van der Waals surface area contributed by atoms with Gasteiger partial charge in [0.25, 0.3) is 0 Å². The summed E-state index contributed by atoms with van der Waals surface area (Å²) in [5.74, 6) is -0.169. The van der Waals surface area contributed by atoms with Crippen LogP contribution >= 0.6 is 0 Å². The van der Waals surface area contributed by atoms with E-state index in [9.17, 15) is 9.59 Å². The second kappa shape index (κ2) is 6.55. The van der Waals surface area contributed by atoms with Gasteiger partial charge >= 0.3 is 0 Å². The highest BCUT2D eigenvalue weighted by atomic mass is 16.2. The highest BCUT2D eigenvalue weighted by molar-refractivity contribution is 6.05. The summed E-state index contributed by atoms with van der Waals surface area (Å²) in [5, 5.41) is 0. The first-order valence-electron chi connectivity index (χ1n) is 7.33. The van der Waals surface area contributed by atoms with Gasteiger partial charge in [0.15, 0.2) is 0 Å². The van der Waals surface area contributed by atoms with Gasteiger partial charge in [0.2, 0.25) is 11.8 Å². The number of aryl methyl sites for hydroxylation is 1. The summed E-state index contributed by atoms with van der Waals surface area (Å²) in [6.45, 7) is 5.88. The minimum atomic E-state index is -0.0888.